The zero-order valence-corrected chi connectivity index (χ0v) is 24.0. The summed E-state index contributed by atoms with van der Waals surface area (Å²) < 4.78 is 33.7. The van der Waals surface area contributed by atoms with E-state index in [9.17, 15) is 13.2 Å². The van der Waals surface area contributed by atoms with Gasteiger partial charge in [0, 0.05) is 42.5 Å². The zero-order valence-electron chi connectivity index (χ0n) is 23.2. The van der Waals surface area contributed by atoms with Crippen molar-refractivity contribution in [2.45, 2.75) is 87.4 Å². The molecule has 5 atom stereocenters. The Hall–Kier alpha value is -2.42. The number of amides is 1. The van der Waals surface area contributed by atoms with Crippen LogP contribution < -0.4 is 5.32 Å². The third kappa shape index (κ3) is 4.54. The first-order valence-corrected chi connectivity index (χ1v) is 15.1. The van der Waals surface area contributed by atoms with Gasteiger partial charge in [-0.3, -0.25) is 0 Å². The Balaban J connectivity index is 1.24. The van der Waals surface area contributed by atoms with Gasteiger partial charge >= 0.3 is 6.09 Å². The molecule has 3 aliphatic rings. The van der Waals surface area contributed by atoms with Crippen molar-refractivity contribution in [3.63, 3.8) is 0 Å². The summed E-state index contributed by atoms with van der Waals surface area (Å²) in [5.41, 5.74) is 0.465. The SMILES string of the molecule is CN(CC(C)(CCNC1CC2N(C(=O)OC(C)(C)C)C3CCC132)c1ccccc1)S(=O)(=O)c1ccccc1. The van der Waals surface area contributed by atoms with E-state index < -0.39 is 15.6 Å². The number of hydrogen-bond acceptors (Lipinski definition) is 5. The highest BCUT2D eigenvalue weighted by atomic mass is 32.2. The van der Waals surface area contributed by atoms with Gasteiger partial charge < -0.3 is 15.0 Å². The highest BCUT2D eigenvalue weighted by molar-refractivity contribution is 7.89. The fraction of sp³-hybridized carbons (Fsp3) is 0.567. The molecular formula is C30H41N3O4S. The molecule has 8 heteroatoms. The van der Waals surface area contributed by atoms with Crippen molar-refractivity contribution in [1.82, 2.24) is 14.5 Å². The molecule has 1 N–H and O–H groups in total. The molecule has 0 radical (unpaired) electrons. The average Bonchev–Trinajstić information content (AvgIpc) is 2.84. The Morgan fingerprint density at radius 3 is 2.24 bits per heavy atom. The van der Waals surface area contributed by atoms with E-state index in [1.807, 2.05) is 49.9 Å². The number of rotatable bonds is 9. The quantitative estimate of drug-likeness (QED) is 0.496. The van der Waals surface area contributed by atoms with Crippen molar-refractivity contribution < 1.29 is 17.9 Å². The minimum Gasteiger partial charge on any atom is -0.444 e. The highest BCUT2D eigenvalue weighted by Crippen LogP contribution is 2.68. The van der Waals surface area contributed by atoms with Crippen LogP contribution in [0.25, 0.3) is 0 Å². The number of benzene rings is 2. The third-order valence-electron chi connectivity index (χ3n) is 9.04. The summed E-state index contributed by atoms with van der Waals surface area (Å²) >= 11 is 0. The Morgan fingerprint density at radius 1 is 1.05 bits per heavy atom. The Kier molecular flexibility index (Phi) is 6.89. The lowest BCUT2D eigenvalue weighted by Crippen LogP contribution is -2.89. The van der Waals surface area contributed by atoms with Crippen LogP contribution in [0, 0.1) is 5.41 Å². The van der Waals surface area contributed by atoms with Crippen LogP contribution in [0.2, 0.25) is 0 Å². The first-order chi connectivity index (χ1) is 17.9. The first-order valence-electron chi connectivity index (χ1n) is 13.7. The first kappa shape index (κ1) is 27.2. The second kappa shape index (κ2) is 9.65. The molecule has 7 nitrogen and oxygen atoms in total. The zero-order chi connectivity index (χ0) is 27.3. The number of sulfonamides is 1. The topological polar surface area (TPSA) is 79.0 Å². The molecule has 206 valence electrons. The lowest BCUT2D eigenvalue weighted by Gasteiger charge is -2.79. The molecule has 1 heterocycles. The summed E-state index contributed by atoms with van der Waals surface area (Å²) in [7, 11) is -1.92. The van der Waals surface area contributed by atoms with Crippen LogP contribution in [0.3, 0.4) is 0 Å². The van der Waals surface area contributed by atoms with Crippen molar-refractivity contribution in [2.24, 2.45) is 5.41 Å². The van der Waals surface area contributed by atoms with E-state index in [2.05, 4.69) is 24.4 Å². The van der Waals surface area contributed by atoms with Crippen LogP contribution in [0.15, 0.2) is 65.6 Å². The fourth-order valence-corrected chi connectivity index (χ4v) is 8.23. The number of hydrogen-bond donors (Lipinski definition) is 1. The molecule has 2 aromatic carbocycles. The number of likely N-dealkylation sites (N-methyl/N-ethyl adjacent to an activating group) is 1. The van der Waals surface area contributed by atoms with Crippen LogP contribution in [0.5, 0.6) is 0 Å². The average molecular weight is 540 g/mol. The van der Waals surface area contributed by atoms with Gasteiger partial charge in [0.1, 0.15) is 5.60 Å². The molecule has 1 spiro atoms. The standard InChI is InChI=1S/C30H41N3O4S/c1-28(2,3)37-27(34)33-25-16-17-30(25)24(20-26(30)33)31-19-18-29(4,22-12-8-6-9-13-22)21-32(5)38(35,36)23-14-10-7-11-15-23/h6-15,24-26,31H,16-21H2,1-5H3. The fourth-order valence-electron chi connectivity index (χ4n) is 6.91. The maximum Gasteiger partial charge on any atom is 0.410 e. The summed E-state index contributed by atoms with van der Waals surface area (Å²) in [4.78, 5) is 15.0. The van der Waals surface area contributed by atoms with Gasteiger partial charge in [0.15, 0.2) is 0 Å². The Labute approximate surface area is 227 Å². The number of piperidine rings is 2. The molecule has 5 unspecified atom stereocenters. The van der Waals surface area contributed by atoms with E-state index in [0.29, 0.717) is 17.5 Å². The predicted molar refractivity (Wildman–Crippen MR) is 148 cm³/mol. The van der Waals surface area contributed by atoms with Gasteiger partial charge in [-0.05, 0) is 70.7 Å². The summed E-state index contributed by atoms with van der Waals surface area (Å²) in [5.74, 6) is 0. The van der Waals surface area contributed by atoms with Crippen molar-refractivity contribution in [3.05, 3.63) is 66.2 Å². The predicted octanol–water partition coefficient (Wildman–Crippen LogP) is 4.79. The van der Waals surface area contributed by atoms with Crippen LogP contribution in [-0.2, 0) is 20.2 Å². The normalized spacial score (nSPS) is 27.7. The second-order valence-corrected chi connectivity index (χ2v) is 14.6. The highest BCUT2D eigenvalue weighted by Gasteiger charge is 2.76. The molecule has 2 saturated carbocycles. The molecule has 2 aromatic rings. The van der Waals surface area contributed by atoms with E-state index in [4.69, 9.17) is 4.74 Å². The Bertz CT molecular complexity index is 1260. The maximum absolute atomic E-state index is 13.3. The largest absolute Gasteiger partial charge is 0.444 e. The van der Waals surface area contributed by atoms with Crippen LogP contribution in [0.4, 0.5) is 4.79 Å². The number of carbonyl (C=O) groups excluding carboxylic acids is 1. The lowest BCUT2D eigenvalue weighted by atomic mass is 9.40. The molecule has 0 bridgehead atoms. The molecule has 1 saturated heterocycles. The number of nitrogens with one attached hydrogen (secondary N) is 1. The minimum absolute atomic E-state index is 0.180. The van der Waals surface area contributed by atoms with Gasteiger partial charge in [0.25, 0.3) is 0 Å². The number of carbonyl (C=O) groups is 1. The van der Waals surface area contributed by atoms with Gasteiger partial charge in [-0.25, -0.2) is 17.5 Å². The molecule has 0 aromatic heterocycles. The van der Waals surface area contributed by atoms with Gasteiger partial charge in [0.2, 0.25) is 10.0 Å². The lowest BCUT2D eigenvalue weighted by molar-refractivity contribution is -0.267. The molecule has 2 aliphatic carbocycles. The van der Waals surface area contributed by atoms with E-state index in [1.54, 1.807) is 31.3 Å². The van der Waals surface area contributed by atoms with Gasteiger partial charge in [-0.2, -0.15) is 0 Å². The summed E-state index contributed by atoms with van der Waals surface area (Å²) in [6.45, 7) is 9.05. The van der Waals surface area contributed by atoms with Crippen molar-refractivity contribution in [3.8, 4) is 0 Å². The smallest absolute Gasteiger partial charge is 0.410 e. The third-order valence-corrected chi connectivity index (χ3v) is 10.9. The molecule has 1 aliphatic heterocycles. The summed E-state index contributed by atoms with van der Waals surface area (Å²) in [6.07, 6.45) is 3.75. The summed E-state index contributed by atoms with van der Waals surface area (Å²) in [5, 5.41) is 3.80. The molecule has 1 amide bonds. The maximum atomic E-state index is 13.3. The van der Waals surface area contributed by atoms with E-state index in [0.717, 1.165) is 37.8 Å². The second-order valence-electron chi connectivity index (χ2n) is 12.6. The van der Waals surface area contributed by atoms with Gasteiger partial charge in [-0.1, -0.05) is 55.5 Å². The van der Waals surface area contributed by atoms with Crippen molar-refractivity contribution in [1.29, 1.82) is 0 Å². The van der Waals surface area contributed by atoms with Crippen LogP contribution in [0.1, 0.15) is 58.9 Å². The van der Waals surface area contributed by atoms with E-state index >= 15 is 0 Å². The monoisotopic (exact) mass is 539 g/mol. The van der Waals surface area contributed by atoms with Crippen LogP contribution in [-0.4, -0.2) is 67.6 Å². The van der Waals surface area contributed by atoms with Crippen LogP contribution >= 0.6 is 0 Å². The van der Waals surface area contributed by atoms with Crippen molar-refractivity contribution >= 4 is 16.1 Å². The number of ether oxygens (including phenoxy) is 1. The Morgan fingerprint density at radius 2 is 1.68 bits per heavy atom. The summed E-state index contributed by atoms with van der Waals surface area (Å²) in [6, 6.07) is 19.8. The molecule has 5 rings (SSSR count). The molecule has 3 fully saturated rings. The van der Waals surface area contributed by atoms with Gasteiger partial charge in [0.05, 0.1) is 4.90 Å². The molecule has 38 heavy (non-hydrogen) atoms. The van der Waals surface area contributed by atoms with E-state index in [1.165, 1.54) is 4.31 Å². The number of nitrogens with zero attached hydrogens (tertiary/aromatic N) is 2. The van der Waals surface area contributed by atoms with E-state index in [-0.39, 0.29) is 29.0 Å². The molecular weight excluding hydrogens is 498 g/mol. The van der Waals surface area contributed by atoms with Crippen molar-refractivity contribution in [2.75, 3.05) is 20.1 Å². The minimum atomic E-state index is -3.59. The number of likely N-dealkylation sites (tertiary alicyclic amines) is 1. The van der Waals surface area contributed by atoms with Gasteiger partial charge in [-0.15, -0.1) is 0 Å².